The van der Waals surface area contributed by atoms with Gasteiger partial charge in [-0.1, -0.05) is 112 Å². The zero-order chi connectivity index (χ0) is 67.7. The van der Waals surface area contributed by atoms with Gasteiger partial charge < -0.3 is 14.2 Å². The summed E-state index contributed by atoms with van der Waals surface area (Å²) in [5, 5.41) is 2.77. The molecule has 0 radical (unpaired) electrons. The van der Waals surface area contributed by atoms with Crippen molar-refractivity contribution >= 4 is 10.8 Å². The van der Waals surface area contributed by atoms with Gasteiger partial charge in [0, 0.05) is 17.7 Å². The molecule has 23 rings (SSSR count). The molecule has 18 saturated carbocycles. The van der Waals surface area contributed by atoms with E-state index in [1.165, 1.54) is 201 Å². The summed E-state index contributed by atoms with van der Waals surface area (Å²) in [7, 11) is 0. The molecule has 3 heteroatoms. The summed E-state index contributed by atoms with van der Waals surface area (Å²) in [6.45, 7) is 13.8. The van der Waals surface area contributed by atoms with Crippen molar-refractivity contribution in [2.75, 3.05) is 0 Å². The Bertz CT molecular complexity index is 3400. The summed E-state index contributed by atoms with van der Waals surface area (Å²) < 4.78 is 19.0. The summed E-state index contributed by atoms with van der Waals surface area (Å²) in [6.07, 6.45) is 65.7. The Morgan fingerprint density at radius 1 is 0.290 bits per heavy atom. The van der Waals surface area contributed by atoms with E-state index in [-0.39, 0.29) is 0 Å². The second-order valence-corrected chi connectivity index (χ2v) is 38.9. The van der Waals surface area contributed by atoms with Crippen LogP contribution in [-0.4, -0.2) is 18.3 Å². The fourth-order valence-corrected chi connectivity index (χ4v) is 27.9. The van der Waals surface area contributed by atoms with Gasteiger partial charge in [-0.2, -0.15) is 0 Å². The minimum Gasteiger partial charge on any atom is -0.490 e. The molecule has 5 aromatic rings. The standard InChI is InChI=1S/C37H50.C25H38.C22H32O3.C13H14/c1-22-33(36-16-26-5-27(17-36)7-28(6-26)18-36)11-32(35-13-23-2-24(14-35)4-25(3-23)15-35)12-34(22)37-19-29-8-30(20-37)10-31(9-29)21-37;1-19-24(21-13-7-3-8-14-21)17-23(20-11-5-2-6-12-20)18-25(19)22-15-9-4-10-16-22;1-16-21(24-18-10-4-5-11-18)14-20(23-17-8-2-3-9-17)15-22(16)25-19-12-6-7-13-19;1-9-7-8-12-10(2)5-4-6-13(12)11(9)3/h11-12,23-31H,2-10,13-21H2,1H3;17-18,20-22H,2-16H2,1H3;14-15,17-19H,2-13H2,1H3;4-8H,1-3H3. The highest BCUT2D eigenvalue weighted by Crippen LogP contribution is 2.67. The van der Waals surface area contributed by atoms with Gasteiger partial charge in [-0.05, 0) is 432 Å². The molecule has 0 aromatic heterocycles. The van der Waals surface area contributed by atoms with E-state index in [0.717, 1.165) is 93.8 Å². The van der Waals surface area contributed by atoms with Crippen LogP contribution < -0.4 is 14.2 Å². The monoisotopic (exact) mass is 1350 g/mol. The van der Waals surface area contributed by atoms with Crippen molar-refractivity contribution in [1.82, 2.24) is 0 Å². The van der Waals surface area contributed by atoms with Crippen molar-refractivity contribution in [2.24, 2.45) is 53.3 Å². The van der Waals surface area contributed by atoms with E-state index in [9.17, 15) is 0 Å². The summed E-state index contributed by atoms with van der Waals surface area (Å²) in [4.78, 5) is 0. The Morgan fingerprint density at radius 2 is 0.650 bits per heavy atom. The van der Waals surface area contributed by atoms with Crippen molar-refractivity contribution in [1.29, 1.82) is 0 Å². The van der Waals surface area contributed by atoms with Crippen molar-refractivity contribution in [3.63, 3.8) is 0 Å². The van der Waals surface area contributed by atoms with Crippen LogP contribution in [0.4, 0.5) is 0 Å². The van der Waals surface area contributed by atoms with Crippen LogP contribution in [0.1, 0.15) is 373 Å². The number of benzene rings is 5. The molecule has 100 heavy (non-hydrogen) atoms. The topological polar surface area (TPSA) is 27.7 Å². The molecule has 0 heterocycles. The zero-order valence-electron chi connectivity index (χ0n) is 64.1. The lowest BCUT2D eigenvalue weighted by atomic mass is 9.44. The molecule has 0 aliphatic heterocycles. The van der Waals surface area contributed by atoms with Gasteiger partial charge in [-0.25, -0.2) is 0 Å². The van der Waals surface area contributed by atoms with Crippen molar-refractivity contribution in [3.8, 4) is 17.2 Å². The second-order valence-electron chi connectivity index (χ2n) is 38.9. The van der Waals surface area contributed by atoms with Gasteiger partial charge in [0.25, 0.3) is 0 Å². The van der Waals surface area contributed by atoms with Crippen molar-refractivity contribution in [3.05, 3.63) is 133 Å². The van der Waals surface area contributed by atoms with E-state index in [1.807, 2.05) is 22.3 Å². The molecule has 0 spiro atoms. The van der Waals surface area contributed by atoms with E-state index in [2.05, 4.69) is 108 Å². The maximum atomic E-state index is 6.36. The smallest absolute Gasteiger partial charge is 0.130 e. The van der Waals surface area contributed by atoms with Gasteiger partial charge in [-0.3, -0.25) is 0 Å². The Balaban J connectivity index is 0.000000106. The lowest BCUT2D eigenvalue weighted by Gasteiger charge is -2.60. The normalized spacial score (nSPS) is 33.9. The van der Waals surface area contributed by atoms with Gasteiger partial charge in [-0.15, -0.1) is 0 Å². The maximum Gasteiger partial charge on any atom is 0.130 e. The molecule has 5 aromatic carbocycles. The Kier molecular flexibility index (Phi) is 20.1. The largest absolute Gasteiger partial charge is 0.490 e. The van der Waals surface area contributed by atoms with E-state index in [4.69, 9.17) is 14.2 Å². The molecule has 18 aliphatic carbocycles. The molecule has 540 valence electrons. The molecular weight excluding hydrogens is 1210 g/mol. The minimum atomic E-state index is 0.361. The first-order chi connectivity index (χ1) is 48.7. The third kappa shape index (κ3) is 14.2. The number of hydrogen-bond acceptors (Lipinski definition) is 3. The van der Waals surface area contributed by atoms with Crippen LogP contribution in [0.25, 0.3) is 10.8 Å². The van der Waals surface area contributed by atoms with Crippen LogP contribution in [0.2, 0.25) is 0 Å². The first kappa shape index (κ1) is 68.8. The van der Waals surface area contributed by atoms with Gasteiger partial charge in [0.15, 0.2) is 0 Å². The highest BCUT2D eigenvalue weighted by atomic mass is 16.5. The summed E-state index contributed by atoms with van der Waals surface area (Å²) in [5.74, 6) is 14.9. The lowest BCUT2D eigenvalue weighted by Crippen LogP contribution is -2.51. The van der Waals surface area contributed by atoms with E-state index < -0.39 is 0 Å². The molecule has 18 fully saturated rings. The molecule has 0 N–H and O–H groups in total. The van der Waals surface area contributed by atoms with Gasteiger partial charge >= 0.3 is 0 Å². The van der Waals surface area contributed by atoms with Crippen LogP contribution in [0.15, 0.2) is 66.7 Å². The summed E-state index contributed by atoms with van der Waals surface area (Å²) in [5.41, 5.74) is 21.5. The Morgan fingerprint density at radius 3 is 1.05 bits per heavy atom. The maximum absolute atomic E-state index is 6.36. The number of rotatable bonds is 12. The van der Waals surface area contributed by atoms with Crippen molar-refractivity contribution in [2.45, 2.75) is 383 Å². The molecule has 12 bridgehead atoms. The fourth-order valence-electron chi connectivity index (χ4n) is 27.9. The molecule has 18 aliphatic rings. The van der Waals surface area contributed by atoms with Crippen molar-refractivity contribution < 1.29 is 14.2 Å². The molecule has 0 amide bonds. The molecule has 3 nitrogen and oxygen atoms in total. The minimum absolute atomic E-state index is 0.361. The van der Waals surface area contributed by atoms with Crippen LogP contribution in [-0.2, 0) is 16.2 Å². The number of fused-ring (bicyclic) bond motifs is 1. The first-order valence-corrected chi connectivity index (χ1v) is 43.7. The van der Waals surface area contributed by atoms with Gasteiger partial charge in [0.2, 0.25) is 0 Å². The lowest BCUT2D eigenvalue weighted by molar-refractivity contribution is -0.0120. The summed E-state index contributed by atoms with van der Waals surface area (Å²) >= 11 is 0. The third-order valence-electron chi connectivity index (χ3n) is 31.9. The average molecular weight is 1350 g/mol. The quantitative estimate of drug-likeness (QED) is 0.125. The van der Waals surface area contributed by atoms with Crippen LogP contribution >= 0.6 is 0 Å². The number of hydrogen-bond donors (Lipinski definition) is 0. The highest BCUT2D eigenvalue weighted by Gasteiger charge is 2.57. The predicted octanol–water partition coefficient (Wildman–Crippen LogP) is 27.3. The van der Waals surface area contributed by atoms with Gasteiger partial charge in [0.1, 0.15) is 17.2 Å². The van der Waals surface area contributed by atoms with E-state index in [0.29, 0.717) is 34.6 Å². The zero-order valence-corrected chi connectivity index (χ0v) is 64.1. The fraction of sp³-hybridized carbons (Fsp3) is 0.711. The number of aryl methyl sites for hydroxylation is 3. The SMILES string of the molecule is Cc1c(C23CC4CC(CC(C4)C2)C3)cc(C23CC4CC(CC(C4)C2)C3)cc1C12CC3CC(CC(C3)C1)C2.Cc1c(C2CCCCC2)cc(C2CCCCC2)cc1C1CCCCC1.Cc1c(OC2CCCC2)cc(OC2CCCC2)cc1OC1CCCC1.Cc1ccc2c(C)cccc2c1C. The highest BCUT2D eigenvalue weighted by molar-refractivity contribution is 5.89. The first-order valence-electron chi connectivity index (χ1n) is 43.7. The van der Waals surface area contributed by atoms with Gasteiger partial charge in [0.05, 0.1) is 18.3 Å². The van der Waals surface area contributed by atoms with Crippen LogP contribution in [0, 0.1) is 94.8 Å². The predicted molar refractivity (Wildman–Crippen MR) is 417 cm³/mol. The molecule has 0 atom stereocenters. The summed E-state index contributed by atoms with van der Waals surface area (Å²) in [6, 6.07) is 26.4. The van der Waals surface area contributed by atoms with E-state index >= 15 is 0 Å². The molecule has 0 saturated heterocycles. The second kappa shape index (κ2) is 29.2. The number of ether oxygens (including phenoxy) is 3. The Hall–Kier alpha value is -4.24. The van der Waals surface area contributed by atoms with Crippen LogP contribution in [0.3, 0.4) is 0 Å². The third-order valence-corrected chi connectivity index (χ3v) is 31.9. The van der Waals surface area contributed by atoms with E-state index in [1.54, 1.807) is 138 Å². The van der Waals surface area contributed by atoms with Crippen LogP contribution in [0.5, 0.6) is 17.2 Å². The average Bonchev–Trinajstić information content (AvgIpc) is 0.700. The molecular formula is C97H134O3. The Labute approximate surface area is 608 Å². The molecule has 0 unspecified atom stereocenters.